The van der Waals surface area contributed by atoms with Gasteiger partial charge in [-0.15, -0.1) is 0 Å². The van der Waals surface area contributed by atoms with E-state index in [1.807, 2.05) is 13.8 Å². The molecule has 0 atom stereocenters. The highest BCUT2D eigenvalue weighted by molar-refractivity contribution is 5.89. The molecule has 1 amide bonds. The summed E-state index contributed by atoms with van der Waals surface area (Å²) in [4.78, 5) is 23.2. The molecule has 0 unspecified atom stereocenters. The minimum Gasteiger partial charge on any atom is -0.360 e. The monoisotopic (exact) mass is 280 g/mol. The summed E-state index contributed by atoms with van der Waals surface area (Å²) in [5.74, 6) is 0.717. The molecule has 0 fully saturated rings. The first-order chi connectivity index (χ1) is 9.47. The summed E-state index contributed by atoms with van der Waals surface area (Å²) in [6.07, 6.45) is 0.118. The summed E-state index contributed by atoms with van der Waals surface area (Å²) < 4.78 is 10.8. The van der Waals surface area contributed by atoms with Crippen LogP contribution in [0.25, 0.3) is 0 Å². The SMILES string of the molecule is Cc1cc(NC(=O)CCn2c(C(C)C)noc2=O)no1. The van der Waals surface area contributed by atoms with Crippen molar-refractivity contribution in [3.8, 4) is 0 Å². The van der Waals surface area contributed by atoms with Gasteiger partial charge in [0.25, 0.3) is 0 Å². The Morgan fingerprint density at radius 2 is 2.15 bits per heavy atom. The molecule has 8 nitrogen and oxygen atoms in total. The van der Waals surface area contributed by atoms with E-state index in [-0.39, 0.29) is 24.8 Å². The second-order valence-corrected chi connectivity index (χ2v) is 4.73. The van der Waals surface area contributed by atoms with Gasteiger partial charge >= 0.3 is 5.76 Å². The van der Waals surface area contributed by atoms with E-state index in [1.165, 1.54) is 4.57 Å². The Hall–Kier alpha value is -2.38. The normalized spacial score (nSPS) is 11.0. The summed E-state index contributed by atoms with van der Waals surface area (Å²) in [5, 5.41) is 9.94. The van der Waals surface area contributed by atoms with Gasteiger partial charge in [-0.25, -0.2) is 4.79 Å². The minimum atomic E-state index is -0.557. The van der Waals surface area contributed by atoms with Crippen LogP contribution in [0.1, 0.15) is 37.8 Å². The smallest absolute Gasteiger partial charge is 0.360 e. The van der Waals surface area contributed by atoms with Crippen LogP contribution in [0.2, 0.25) is 0 Å². The lowest BCUT2D eigenvalue weighted by Gasteiger charge is -2.06. The third-order valence-corrected chi connectivity index (χ3v) is 2.69. The van der Waals surface area contributed by atoms with Gasteiger partial charge in [-0.05, 0) is 6.92 Å². The first-order valence-electron chi connectivity index (χ1n) is 6.27. The van der Waals surface area contributed by atoms with Gasteiger partial charge in [0.15, 0.2) is 11.6 Å². The summed E-state index contributed by atoms with van der Waals surface area (Å²) in [5.41, 5.74) is 0. The van der Waals surface area contributed by atoms with Crippen LogP contribution in [-0.2, 0) is 11.3 Å². The zero-order valence-corrected chi connectivity index (χ0v) is 11.5. The van der Waals surface area contributed by atoms with Crippen molar-refractivity contribution in [2.75, 3.05) is 5.32 Å². The zero-order chi connectivity index (χ0) is 14.7. The molecule has 0 bridgehead atoms. The number of aryl methyl sites for hydroxylation is 1. The van der Waals surface area contributed by atoms with E-state index in [1.54, 1.807) is 13.0 Å². The fourth-order valence-electron chi connectivity index (χ4n) is 1.74. The molecular weight excluding hydrogens is 264 g/mol. The van der Waals surface area contributed by atoms with Crippen LogP contribution in [0.5, 0.6) is 0 Å². The van der Waals surface area contributed by atoms with Crippen molar-refractivity contribution < 1.29 is 13.8 Å². The van der Waals surface area contributed by atoms with Gasteiger partial charge in [0.05, 0.1) is 0 Å². The second kappa shape index (κ2) is 5.72. The summed E-state index contributed by atoms with van der Waals surface area (Å²) >= 11 is 0. The lowest BCUT2D eigenvalue weighted by Crippen LogP contribution is -2.22. The molecule has 0 spiro atoms. The third kappa shape index (κ3) is 3.14. The van der Waals surface area contributed by atoms with Gasteiger partial charge in [0, 0.05) is 24.9 Å². The van der Waals surface area contributed by atoms with Gasteiger partial charge in [-0.3, -0.25) is 13.9 Å². The van der Waals surface area contributed by atoms with Gasteiger partial charge in [0.2, 0.25) is 5.91 Å². The standard InChI is InChI=1S/C12H16N4O4/c1-7(2)11-15-20-12(18)16(11)5-4-10(17)13-9-6-8(3)19-14-9/h6-7H,4-5H2,1-3H3,(H,13,14,17). The summed E-state index contributed by atoms with van der Waals surface area (Å²) in [7, 11) is 0. The zero-order valence-electron chi connectivity index (χ0n) is 11.5. The molecule has 2 rings (SSSR count). The number of hydrogen-bond acceptors (Lipinski definition) is 6. The first kappa shape index (κ1) is 14.0. The maximum absolute atomic E-state index is 11.8. The van der Waals surface area contributed by atoms with Crippen molar-refractivity contribution in [1.82, 2.24) is 14.9 Å². The number of carbonyl (C=O) groups excluding carboxylic acids is 1. The van der Waals surface area contributed by atoms with E-state index in [0.29, 0.717) is 17.4 Å². The molecule has 20 heavy (non-hydrogen) atoms. The van der Waals surface area contributed by atoms with Crippen LogP contribution >= 0.6 is 0 Å². The molecule has 0 aliphatic heterocycles. The van der Waals surface area contributed by atoms with E-state index in [0.717, 1.165) is 0 Å². The molecule has 8 heteroatoms. The molecule has 0 aliphatic carbocycles. The van der Waals surface area contributed by atoms with E-state index in [4.69, 9.17) is 4.52 Å². The number of nitrogens with zero attached hydrogens (tertiary/aromatic N) is 3. The number of amides is 1. The third-order valence-electron chi connectivity index (χ3n) is 2.69. The molecule has 1 N–H and O–H groups in total. The maximum atomic E-state index is 11.8. The Labute approximate surface area is 114 Å². The quantitative estimate of drug-likeness (QED) is 0.885. The van der Waals surface area contributed by atoms with E-state index < -0.39 is 5.76 Å². The van der Waals surface area contributed by atoms with Crippen molar-refractivity contribution in [1.29, 1.82) is 0 Å². The molecule has 0 radical (unpaired) electrons. The predicted octanol–water partition coefficient (Wildman–Crippen LogP) is 1.28. The number of anilines is 1. The Kier molecular flexibility index (Phi) is 4.02. The van der Waals surface area contributed by atoms with Crippen LogP contribution < -0.4 is 11.1 Å². The Morgan fingerprint density at radius 1 is 1.40 bits per heavy atom. The number of carbonyl (C=O) groups is 1. The molecule has 0 aliphatic rings. The molecule has 2 aromatic heterocycles. The topological polar surface area (TPSA) is 103 Å². The van der Waals surface area contributed by atoms with E-state index in [2.05, 4.69) is 20.2 Å². The van der Waals surface area contributed by atoms with Crippen LogP contribution in [0.4, 0.5) is 5.82 Å². The molecule has 0 saturated carbocycles. The maximum Gasteiger partial charge on any atom is 0.441 e. The molecule has 2 aromatic rings. The van der Waals surface area contributed by atoms with Crippen molar-refractivity contribution in [2.45, 2.75) is 39.7 Å². The van der Waals surface area contributed by atoms with Crippen LogP contribution in [0.3, 0.4) is 0 Å². The Bertz CT molecular complexity index is 652. The van der Waals surface area contributed by atoms with Crippen molar-refractivity contribution in [3.05, 3.63) is 28.2 Å². The molecule has 2 heterocycles. The highest BCUT2D eigenvalue weighted by Crippen LogP contribution is 2.11. The lowest BCUT2D eigenvalue weighted by atomic mass is 10.2. The van der Waals surface area contributed by atoms with Gasteiger partial charge < -0.3 is 9.84 Å². The fraction of sp³-hybridized carbons (Fsp3) is 0.500. The number of rotatable bonds is 5. The van der Waals surface area contributed by atoms with Crippen molar-refractivity contribution in [2.24, 2.45) is 0 Å². The largest absolute Gasteiger partial charge is 0.441 e. The first-order valence-corrected chi connectivity index (χ1v) is 6.27. The average molecular weight is 280 g/mol. The van der Waals surface area contributed by atoms with Crippen molar-refractivity contribution in [3.63, 3.8) is 0 Å². The predicted molar refractivity (Wildman–Crippen MR) is 69.3 cm³/mol. The molecule has 108 valence electrons. The lowest BCUT2D eigenvalue weighted by molar-refractivity contribution is -0.116. The van der Waals surface area contributed by atoms with Gasteiger partial charge in [-0.2, -0.15) is 0 Å². The van der Waals surface area contributed by atoms with Crippen LogP contribution in [0, 0.1) is 6.92 Å². The number of nitrogens with one attached hydrogen (secondary N) is 1. The van der Waals surface area contributed by atoms with Crippen molar-refractivity contribution >= 4 is 11.7 Å². The molecule has 0 aromatic carbocycles. The summed E-state index contributed by atoms with van der Waals surface area (Å²) in [6, 6.07) is 1.61. The second-order valence-electron chi connectivity index (χ2n) is 4.73. The van der Waals surface area contributed by atoms with E-state index in [9.17, 15) is 9.59 Å². The Morgan fingerprint density at radius 3 is 2.75 bits per heavy atom. The molecule has 0 saturated heterocycles. The molecular formula is C12H16N4O4. The average Bonchev–Trinajstić information content (AvgIpc) is 2.93. The van der Waals surface area contributed by atoms with Gasteiger partial charge in [-0.1, -0.05) is 24.2 Å². The van der Waals surface area contributed by atoms with Gasteiger partial charge in [0.1, 0.15) is 5.76 Å². The fourth-order valence-corrected chi connectivity index (χ4v) is 1.74. The number of hydrogen-bond donors (Lipinski definition) is 1. The minimum absolute atomic E-state index is 0.0442. The summed E-state index contributed by atoms with van der Waals surface area (Å²) in [6.45, 7) is 5.73. The highest BCUT2D eigenvalue weighted by atomic mass is 16.5. The number of aromatic nitrogens is 3. The Balaban J connectivity index is 1.97. The van der Waals surface area contributed by atoms with Crippen LogP contribution in [-0.4, -0.2) is 20.8 Å². The van der Waals surface area contributed by atoms with Crippen LogP contribution in [0.15, 0.2) is 19.9 Å². The van der Waals surface area contributed by atoms with E-state index >= 15 is 0 Å². The highest BCUT2D eigenvalue weighted by Gasteiger charge is 2.15.